The number of hydrogen-bond acceptors (Lipinski definition) is 3. The van der Waals surface area contributed by atoms with Gasteiger partial charge in [0, 0.05) is 6.04 Å². The van der Waals surface area contributed by atoms with Gasteiger partial charge in [-0.15, -0.1) is 0 Å². The van der Waals surface area contributed by atoms with Crippen LogP contribution in [0.25, 0.3) is 10.8 Å². The number of hydrogen-bond donors (Lipinski definition) is 1. The molecule has 6 rings (SSSR count). The van der Waals surface area contributed by atoms with E-state index >= 15 is 0 Å². The highest BCUT2D eigenvalue weighted by Gasteiger charge is 2.50. The summed E-state index contributed by atoms with van der Waals surface area (Å²) in [6, 6.07) is 21.7. The Morgan fingerprint density at radius 3 is 2.54 bits per heavy atom. The van der Waals surface area contributed by atoms with Gasteiger partial charge in [0.1, 0.15) is 12.1 Å². The van der Waals surface area contributed by atoms with Gasteiger partial charge in [-0.1, -0.05) is 60.7 Å². The van der Waals surface area contributed by atoms with E-state index < -0.39 is 11.6 Å². The van der Waals surface area contributed by atoms with E-state index in [9.17, 15) is 14.4 Å². The number of carbonyl (C=O) groups is 3. The number of aryl methyl sites for hydroxylation is 1. The van der Waals surface area contributed by atoms with E-state index in [4.69, 9.17) is 0 Å². The highest BCUT2D eigenvalue weighted by Crippen LogP contribution is 2.41. The van der Waals surface area contributed by atoms with Crippen LogP contribution in [0, 0.1) is 0 Å². The van der Waals surface area contributed by atoms with E-state index in [1.54, 1.807) is 6.92 Å². The lowest BCUT2D eigenvalue weighted by atomic mass is 9.86. The molecule has 35 heavy (non-hydrogen) atoms. The fourth-order valence-electron chi connectivity index (χ4n) is 5.76. The zero-order chi connectivity index (χ0) is 24.2. The van der Waals surface area contributed by atoms with Crippen LogP contribution < -0.4 is 5.32 Å². The van der Waals surface area contributed by atoms with Gasteiger partial charge in [-0.05, 0) is 72.6 Å². The monoisotopic (exact) mass is 467 g/mol. The van der Waals surface area contributed by atoms with Crippen molar-refractivity contribution in [3.05, 3.63) is 83.4 Å². The van der Waals surface area contributed by atoms with E-state index in [1.165, 1.54) is 11.1 Å². The molecule has 3 aromatic rings. The van der Waals surface area contributed by atoms with Crippen molar-refractivity contribution in [2.24, 2.45) is 0 Å². The first kappa shape index (κ1) is 21.8. The predicted octanol–water partition coefficient (Wildman–Crippen LogP) is 4.68. The van der Waals surface area contributed by atoms with Crippen molar-refractivity contribution in [1.29, 1.82) is 0 Å². The summed E-state index contributed by atoms with van der Waals surface area (Å²) in [7, 11) is 0. The molecule has 0 aromatic heterocycles. The normalized spacial score (nSPS) is 23.8. The summed E-state index contributed by atoms with van der Waals surface area (Å²) in [4.78, 5) is 43.3. The Kier molecular flexibility index (Phi) is 5.13. The maximum atomic E-state index is 13.7. The molecule has 2 unspecified atom stereocenters. The van der Waals surface area contributed by atoms with Crippen molar-refractivity contribution in [3.8, 4) is 0 Å². The molecule has 2 fully saturated rings. The zero-order valence-corrected chi connectivity index (χ0v) is 19.9. The number of fused-ring (bicyclic) bond motifs is 2. The largest absolute Gasteiger partial charge is 0.331 e. The minimum absolute atomic E-state index is 0.00703. The molecular weight excluding hydrogens is 438 g/mol. The Balaban J connectivity index is 1.26. The summed E-state index contributed by atoms with van der Waals surface area (Å²) in [6.07, 6.45) is 4.91. The number of nitrogens with zero attached hydrogens (tertiary/aromatic N) is 2. The maximum Gasteiger partial charge on any atom is 0.325 e. The summed E-state index contributed by atoms with van der Waals surface area (Å²) >= 11 is 0. The van der Waals surface area contributed by atoms with Crippen LogP contribution in [0.4, 0.5) is 4.79 Å². The molecule has 1 heterocycles. The quantitative estimate of drug-likeness (QED) is 0.554. The Bertz CT molecular complexity index is 1350. The van der Waals surface area contributed by atoms with Crippen LogP contribution in [0.15, 0.2) is 66.7 Å². The second-order valence-electron chi connectivity index (χ2n) is 10.1. The van der Waals surface area contributed by atoms with Crippen LogP contribution in [0.2, 0.25) is 0 Å². The van der Waals surface area contributed by atoms with E-state index in [0.717, 1.165) is 47.8 Å². The van der Waals surface area contributed by atoms with Crippen LogP contribution in [-0.2, 0) is 21.5 Å². The molecule has 6 heteroatoms. The van der Waals surface area contributed by atoms with Crippen LogP contribution in [0.5, 0.6) is 0 Å². The van der Waals surface area contributed by atoms with E-state index in [2.05, 4.69) is 17.4 Å². The summed E-state index contributed by atoms with van der Waals surface area (Å²) < 4.78 is 0. The lowest BCUT2D eigenvalue weighted by Crippen LogP contribution is -2.46. The fraction of sp³-hybridized carbons (Fsp3) is 0.345. The third kappa shape index (κ3) is 3.68. The highest BCUT2D eigenvalue weighted by molar-refractivity contribution is 6.09. The molecule has 2 atom stereocenters. The van der Waals surface area contributed by atoms with Gasteiger partial charge in [0.25, 0.3) is 5.91 Å². The van der Waals surface area contributed by atoms with Gasteiger partial charge in [0.2, 0.25) is 5.91 Å². The molecule has 4 amide bonds. The Morgan fingerprint density at radius 2 is 1.74 bits per heavy atom. The van der Waals surface area contributed by atoms with Crippen LogP contribution in [0.3, 0.4) is 0 Å². The SMILES string of the molecule is CC1(c2ccc3ccccc3c2)NC(=O)N(CC(=O)N(C2CC2)C2CCCc3ccccc32)C1=O. The second kappa shape index (κ2) is 8.22. The molecule has 0 spiro atoms. The third-order valence-corrected chi connectivity index (χ3v) is 7.80. The number of amides is 4. The predicted molar refractivity (Wildman–Crippen MR) is 134 cm³/mol. The molecule has 0 bridgehead atoms. The van der Waals surface area contributed by atoms with Gasteiger partial charge < -0.3 is 10.2 Å². The van der Waals surface area contributed by atoms with Crippen molar-refractivity contribution >= 4 is 28.6 Å². The van der Waals surface area contributed by atoms with Gasteiger partial charge in [-0.2, -0.15) is 0 Å². The van der Waals surface area contributed by atoms with E-state index in [-0.39, 0.29) is 30.4 Å². The fourth-order valence-corrected chi connectivity index (χ4v) is 5.76. The molecule has 178 valence electrons. The summed E-state index contributed by atoms with van der Waals surface area (Å²) in [5.74, 6) is -0.536. The van der Waals surface area contributed by atoms with Gasteiger partial charge >= 0.3 is 6.03 Å². The molecule has 3 aliphatic rings. The number of nitrogens with one attached hydrogen (secondary N) is 1. The lowest BCUT2D eigenvalue weighted by Gasteiger charge is -2.37. The molecule has 1 aliphatic heterocycles. The third-order valence-electron chi connectivity index (χ3n) is 7.80. The van der Waals surface area contributed by atoms with Crippen molar-refractivity contribution < 1.29 is 14.4 Å². The molecule has 2 aliphatic carbocycles. The smallest absolute Gasteiger partial charge is 0.325 e. The molecule has 1 saturated heterocycles. The Labute approximate surface area is 204 Å². The average Bonchev–Trinajstić information content (AvgIpc) is 3.68. The molecular formula is C29H29N3O3. The first-order valence-corrected chi connectivity index (χ1v) is 12.5. The molecule has 1 saturated carbocycles. The van der Waals surface area contributed by atoms with E-state index in [0.29, 0.717) is 5.56 Å². The Hall–Kier alpha value is -3.67. The summed E-state index contributed by atoms with van der Waals surface area (Å²) in [5, 5.41) is 4.93. The number of urea groups is 1. The van der Waals surface area contributed by atoms with Gasteiger partial charge in [-0.3, -0.25) is 14.5 Å². The average molecular weight is 468 g/mol. The summed E-state index contributed by atoms with van der Waals surface area (Å²) in [5.41, 5.74) is 2.01. The number of benzene rings is 3. The van der Waals surface area contributed by atoms with Gasteiger partial charge in [-0.25, -0.2) is 4.79 Å². The molecule has 3 aromatic carbocycles. The molecule has 0 radical (unpaired) electrons. The van der Waals surface area contributed by atoms with E-state index in [1.807, 2.05) is 59.5 Å². The standard InChI is InChI=1S/C29H29N3O3/c1-29(22-14-13-19-7-2-3-9-21(19)17-22)27(34)31(28(35)30-29)18-26(33)32(23-15-16-23)25-12-6-10-20-8-4-5-11-24(20)25/h2-5,7-9,11,13-14,17,23,25H,6,10,12,15-16,18H2,1H3,(H,30,35). The Morgan fingerprint density at radius 1 is 1.00 bits per heavy atom. The number of rotatable bonds is 5. The van der Waals surface area contributed by atoms with Crippen molar-refractivity contribution in [1.82, 2.24) is 15.1 Å². The van der Waals surface area contributed by atoms with Crippen LogP contribution in [0.1, 0.15) is 55.3 Å². The first-order chi connectivity index (χ1) is 17.0. The first-order valence-electron chi connectivity index (χ1n) is 12.5. The summed E-state index contributed by atoms with van der Waals surface area (Å²) in [6.45, 7) is 1.49. The molecule has 1 N–H and O–H groups in total. The maximum absolute atomic E-state index is 13.7. The van der Waals surface area contributed by atoms with Crippen molar-refractivity contribution in [2.45, 2.75) is 56.7 Å². The topological polar surface area (TPSA) is 69.7 Å². The van der Waals surface area contributed by atoms with Crippen LogP contribution in [-0.4, -0.2) is 40.2 Å². The number of carbonyl (C=O) groups excluding carboxylic acids is 3. The van der Waals surface area contributed by atoms with Gasteiger partial charge in [0.15, 0.2) is 0 Å². The zero-order valence-electron chi connectivity index (χ0n) is 19.9. The molecule has 6 nitrogen and oxygen atoms in total. The van der Waals surface area contributed by atoms with Crippen LogP contribution >= 0.6 is 0 Å². The minimum Gasteiger partial charge on any atom is -0.331 e. The van der Waals surface area contributed by atoms with Crippen molar-refractivity contribution in [2.75, 3.05) is 6.54 Å². The second-order valence-corrected chi connectivity index (χ2v) is 10.1. The minimum atomic E-state index is -1.21. The number of imide groups is 1. The van der Waals surface area contributed by atoms with Crippen molar-refractivity contribution in [3.63, 3.8) is 0 Å². The lowest BCUT2D eigenvalue weighted by molar-refractivity contribution is -0.141. The van der Waals surface area contributed by atoms with Gasteiger partial charge in [0.05, 0.1) is 6.04 Å². The highest BCUT2D eigenvalue weighted by atomic mass is 16.2.